The number of nitrogens with one attached hydrogen (secondary N) is 2. The van der Waals surface area contributed by atoms with Gasteiger partial charge in [0.2, 0.25) is 5.91 Å². The number of hydrogen-bond acceptors (Lipinski definition) is 6. The van der Waals surface area contributed by atoms with Gasteiger partial charge in [-0.05, 0) is 30.0 Å². The molecule has 0 aliphatic carbocycles. The number of amidine groups is 1. The Kier molecular flexibility index (Phi) is 6.98. The van der Waals surface area contributed by atoms with Gasteiger partial charge in [0.05, 0.1) is 37.7 Å². The number of hydrogen-bond donors (Lipinski definition) is 2. The number of alkyl carbamates (subject to hydrolysis) is 1. The van der Waals surface area contributed by atoms with Gasteiger partial charge in [0.25, 0.3) is 0 Å². The lowest BCUT2D eigenvalue weighted by atomic mass is 10.0. The van der Waals surface area contributed by atoms with Gasteiger partial charge >= 0.3 is 6.09 Å². The highest BCUT2D eigenvalue weighted by Crippen LogP contribution is 2.29. The molecule has 0 radical (unpaired) electrons. The van der Waals surface area contributed by atoms with Gasteiger partial charge in [0, 0.05) is 11.0 Å². The summed E-state index contributed by atoms with van der Waals surface area (Å²) in [7, 11) is 1.26. The minimum Gasteiger partial charge on any atom is -0.453 e. The second kappa shape index (κ2) is 9.47. The van der Waals surface area contributed by atoms with E-state index in [1.165, 1.54) is 7.11 Å². The number of carbonyl (C=O) groups is 2. The average molecular weight is 476 g/mol. The molecule has 1 aromatic carbocycles. The van der Waals surface area contributed by atoms with Crippen LogP contribution in [-0.2, 0) is 9.53 Å². The van der Waals surface area contributed by atoms with Crippen LogP contribution in [0.4, 0.5) is 4.79 Å². The molecular weight excluding hydrogens is 450 g/mol. The van der Waals surface area contributed by atoms with Gasteiger partial charge < -0.3 is 20.3 Å². The fourth-order valence-electron chi connectivity index (χ4n) is 3.86. The molecule has 1 aromatic rings. The molecule has 0 bridgehead atoms. The molecule has 1 saturated heterocycles. The molecule has 2 aliphatic rings. The summed E-state index contributed by atoms with van der Waals surface area (Å²) < 4.78 is 5.68. The summed E-state index contributed by atoms with van der Waals surface area (Å²) in [4.78, 5) is 31.4. The summed E-state index contributed by atoms with van der Waals surface area (Å²) in [5, 5.41) is 15.5. The number of methoxy groups -OCH3 is 1. The number of halogens is 1. The van der Waals surface area contributed by atoms with E-state index < -0.39 is 12.1 Å². The number of ether oxygens (including phenoxy) is 1. The van der Waals surface area contributed by atoms with Crippen LogP contribution in [0.3, 0.4) is 0 Å². The van der Waals surface area contributed by atoms with Crippen molar-refractivity contribution in [2.45, 2.75) is 38.4 Å². The van der Waals surface area contributed by atoms with E-state index in [-0.39, 0.29) is 29.8 Å². The maximum Gasteiger partial charge on any atom is 0.407 e. The first-order valence-corrected chi connectivity index (χ1v) is 10.7. The van der Waals surface area contributed by atoms with E-state index in [1.807, 2.05) is 38.1 Å². The van der Waals surface area contributed by atoms with Crippen LogP contribution < -0.4 is 10.6 Å². The smallest absolute Gasteiger partial charge is 0.407 e. The second-order valence-electron chi connectivity index (χ2n) is 7.90. The summed E-state index contributed by atoms with van der Waals surface area (Å²) in [5.41, 5.74) is 1.11. The van der Waals surface area contributed by atoms with Crippen LogP contribution in [0.25, 0.3) is 0 Å². The Morgan fingerprint density at radius 1 is 1.37 bits per heavy atom. The van der Waals surface area contributed by atoms with Crippen molar-refractivity contribution in [1.29, 1.82) is 5.26 Å². The average Bonchev–Trinajstić information content (AvgIpc) is 3.38. The fourth-order valence-corrected chi connectivity index (χ4v) is 4.12. The van der Waals surface area contributed by atoms with Gasteiger partial charge in [-0.1, -0.05) is 41.9 Å². The molecule has 2 heterocycles. The quantitative estimate of drug-likeness (QED) is 0.680. The molecule has 160 valence electrons. The van der Waals surface area contributed by atoms with Gasteiger partial charge in [-0.3, -0.25) is 9.79 Å². The van der Waals surface area contributed by atoms with Crippen LogP contribution in [0.1, 0.15) is 31.9 Å². The predicted octanol–water partition coefficient (Wildman–Crippen LogP) is 2.61. The Balaban J connectivity index is 1.77. The van der Waals surface area contributed by atoms with Crippen LogP contribution in [0.5, 0.6) is 0 Å². The van der Waals surface area contributed by atoms with E-state index in [4.69, 9.17) is 0 Å². The van der Waals surface area contributed by atoms with Crippen molar-refractivity contribution in [2.24, 2.45) is 16.8 Å². The van der Waals surface area contributed by atoms with E-state index in [2.05, 4.69) is 42.4 Å². The molecule has 9 heteroatoms. The van der Waals surface area contributed by atoms with Gasteiger partial charge in [-0.2, -0.15) is 5.26 Å². The van der Waals surface area contributed by atoms with E-state index in [1.54, 1.807) is 4.90 Å². The van der Waals surface area contributed by atoms with Crippen molar-refractivity contribution in [2.75, 3.05) is 20.2 Å². The molecule has 0 aromatic heterocycles. The normalized spacial score (nSPS) is 24.1. The third-order valence-electron chi connectivity index (χ3n) is 5.51. The zero-order valence-electron chi connectivity index (χ0n) is 17.3. The van der Waals surface area contributed by atoms with Crippen molar-refractivity contribution < 1.29 is 14.3 Å². The monoisotopic (exact) mass is 475 g/mol. The number of carbonyl (C=O) groups excluding carboxylic acids is 2. The lowest BCUT2D eigenvalue weighted by Gasteiger charge is -2.31. The first kappa shape index (κ1) is 22.1. The molecule has 1 fully saturated rings. The van der Waals surface area contributed by atoms with Crippen molar-refractivity contribution in [1.82, 2.24) is 15.5 Å². The summed E-state index contributed by atoms with van der Waals surface area (Å²) >= 11 is 3.44. The Bertz CT molecular complexity index is 864. The Morgan fingerprint density at radius 3 is 2.67 bits per heavy atom. The van der Waals surface area contributed by atoms with E-state index >= 15 is 0 Å². The number of benzene rings is 1. The lowest BCUT2D eigenvalue weighted by Crippen LogP contribution is -2.55. The summed E-state index contributed by atoms with van der Waals surface area (Å²) in [6.45, 7) is 4.61. The number of nitrogens with zero attached hydrogens (tertiary/aromatic N) is 3. The van der Waals surface area contributed by atoms with E-state index in [0.29, 0.717) is 19.5 Å². The Hall–Kier alpha value is -2.60. The van der Waals surface area contributed by atoms with Gasteiger partial charge in [0.1, 0.15) is 11.9 Å². The van der Waals surface area contributed by atoms with Gasteiger partial charge in [-0.15, -0.1) is 0 Å². The maximum absolute atomic E-state index is 13.3. The number of rotatable bonds is 5. The number of likely N-dealkylation sites (tertiary alicyclic amines) is 1. The minimum absolute atomic E-state index is 0.0280. The fraction of sp³-hybridized carbons (Fsp3) is 0.524. The number of aliphatic imine (C=N–C) groups is 1. The highest BCUT2D eigenvalue weighted by Gasteiger charge is 2.43. The van der Waals surface area contributed by atoms with Crippen LogP contribution >= 0.6 is 15.9 Å². The molecule has 2 amide bonds. The molecular formula is C21H26BrN5O3. The highest BCUT2D eigenvalue weighted by molar-refractivity contribution is 9.10. The molecule has 2 aliphatic heterocycles. The molecule has 2 N–H and O–H groups in total. The first-order valence-electron chi connectivity index (χ1n) is 9.95. The summed E-state index contributed by atoms with van der Waals surface area (Å²) in [6.07, 6.45) is -0.134. The van der Waals surface area contributed by atoms with Crippen LogP contribution in [0.15, 0.2) is 33.7 Å². The first-order chi connectivity index (χ1) is 14.3. The number of amides is 2. The largest absolute Gasteiger partial charge is 0.453 e. The van der Waals surface area contributed by atoms with Crippen LogP contribution in [0, 0.1) is 23.2 Å². The summed E-state index contributed by atoms with van der Waals surface area (Å²) in [5.74, 6) is 0.0813. The number of nitriles is 1. The second-order valence-corrected chi connectivity index (χ2v) is 8.82. The molecule has 1 unspecified atom stereocenters. The zero-order chi connectivity index (χ0) is 21.8. The SMILES string of the molecule is COC(=O)N[C@H](C(=O)N1C[C@@H](C#N)C[C@H]1C1=NCC(c2ccc(Br)cc2)N1)C(C)C. The minimum atomic E-state index is -0.735. The molecule has 8 nitrogen and oxygen atoms in total. The van der Waals surface area contributed by atoms with E-state index in [9.17, 15) is 14.9 Å². The molecule has 4 atom stereocenters. The third kappa shape index (κ3) is 4.75. The van der Waals surface area contributed by atoms with Gasteiger partial charge in [-0.25, -0.2) is 4.79 Å². The van der Waals surface area contributed by atoms with Crippen molar-refractivity contribution in [3.63, 3.8) is 0 Å². The van der Waals surface area contributed by atoms with Crippen LogP contribution in [-0.4, -0.2) is 55.0 Å². The van der Waals surface area contributed by atoms with E-state index in [0.717, 1.165) is 15.9 Å². The summed E-state index contributed by atoms with van der Waals surface area (Å²) in [6, 6.07) is 9.29. The zero-order valence-corrected chi connectivity index (χ0v) is 18.8. The van der Waals surface area contributed by atoms with Gasteiger partial charge in [0.15, 0.2) is 0 Å². The maximum atomic E-state index is 13.3. The molecule has 0 spiro atoms. The van der Waals surface area contributed by atoms with Crippen LogP contribution in [0.2, 0.25) is 0 Å². The Labute approximate surface area is 184 Å². The molecule has 3 rings (SSSR count). The molecule has 0 saturated carbocycles. The third-order valence-corrected chi connectivity index (χ3v) is 6.04. The van der Waals surface area contributed by atoms with Crippen molar-refractivity contribution in [3.05, 3.63) is 34.3 Å². The molecule has 30 heavy (non-hydrogen) atoms. The van der Waals surface area contributed by atoms with Crippen molar-refractivity contribution >= 4 is 33.8 Å². The Morgan fingerprint density at radius 2 is 2.07 bits per heavy atom. The standard InChI is InChI=1S/C21H26BrN5O3/c1-12(2)18(26-21(29)30-3)20(28)27-11-13(9-23)8-17(27)19-24-10-16(25-19)14-4-6-15(22)7-5-14/h4-7,12-13,16-18H,8,10-11H2,1-3H3,(H,24,25)(H,26,29)/t13-,16?,17+,18+/m1/s1. The van der Waals surface area contributed by atoms with Crippen molar-refractivity contribution in [3.8, 4) is 6.07 Å². The topological polar surface area (TPSA) is 107 Å². The highest BCUT2D eigenvalue weighted by atomic mass is 79.9. The lowest BCUT2D eigenvalue weighted by molar-refractivity contribution is -0.134. The predicted molar refractivity (Wildman–Crippen MR) is 116 cm³/mol.